The largest absolute Gasteiger partial charge is 0.493 e. The van der Waals surface area contributed by atoms with Gasteiger partial charge >= 0.3 is 0 Å². The zero-order valence-electron chi connectivity index (χ0n) is 17.1. The van der Waals surface area contributed by atoms with Crippen molar-refractivity contribution >= 4 is 28.2 Å². The van der Waals surface area contributed by atoms with Gasteiger partial charge in [-0.3, -0.25) is 9.59 Å². The van der Waals surface area contributed by atoms with Gasteiger partial charge in [-0.2, -0.15) is 0 Å². The van der Waals surface area contributed by atoms with Gasteiger partial charge in [-0.1, -0.05) is 6.92 Å². The molecule has 0 aliphatic heterocycles. The summed E-state index contributed by atoms with van der Waals surface area (Å²) in [6.45, 7) is 2.19. The SMILES string of the molecule is COc1cc(CC(=O)Nc2sc3c(c2C(N)=O)CCC(C)C3)cc(OC)c1OC. The fourth-order valence-electron chi connectivity index (χ4n) is 3.69. The van der Waals surface area contributed by atoms with Crippen LogP contribution < -0.4 is 25.3 Å². The lowest BCUT2D eigenvalue weighted by Gasteiger charge is -2.18. The van der Waals surface area contributed by atoms with Crippen molar-refractivity contribution < 1.29 is 23.8 Å². The molecule has 8 heteroatoms. The fraction of sp³-hybridized carbons (Fsp3) is 0.429. The Labute approximate surface area is 174 Å². The second kappa shape index (κ2) is 8.73. The highest BCUT2D eigenvalue weighted by atomic mass is 32.1. The maximum absolute atomic E-state index is 12.7. The van der Waals surface area contributed by atoms with Crippen molar-refractivity contribution in [3.63, 3.8) is 0 Å². The maximum Gasteiger partial charge on any atom is 0.251 e. The molecule has 0 spiro atoms. The van der Waals surface area contributed by atoms with Crippen LogP contribution in [0.1, 0.15) is 39.7 Å². The fourth-order valence-corrected chi connectivity index (χ4v) is 5.13. The molecule has 1 heterocycles. The smallest absolute Gasteiger partial charge is 0.251 e. The molecule has 0 radical (unpaired) electrons. The molecule has 1 aromatic heterocycles. The third kappa shape index (κ3) is 4.32. The lowest BCUT2D eigenvalue weighted by Crippen LogP contribution is -2.20. The zero-order chi connectivity index (χ0) is 21.1. The van der Waals surface area contributed by atoms with Crippen LogP contribution in [0.15, 0.2) is 12.1 Å². The van der Waals surface area contributed by atoms with E-state index < -0.39 is 5.91 Å². The minimum absolute atomic E-state index is 0.0912. The first-order chi connectivity index (χ1) is 13.9. The first kappa shape index (κ1) is 21.0. The number of hydrogen-bond donors (Lipinski definition) is 2. The molecule has 0 fully saturated rings. The number of rotatable bonds is 7. The molecular weight excluding hydrogens is 392 g/mol. The van der Waals surface area contributed by atoms with Gasteiger partial charge in [0, 0.05) is 4.88 Å². The lowest BCUT2D eigenvalue weighted by atomic mass is 9.88. The summed E-state index contributed by atoms with van der Waals surface area (Å²) >= 11 is 1.45. The highest BCUT2D eigenvalue weighted by Crippen LogP contribution is 2.40. The number of fused-ring (bicyclic) bond motifs is 1. The second-order valence-corrected chi connectivity index (χ2v) is 8.28. The predicted octanol–water partition coefficient (Wildman–Crippen LogP) is 3.18. The Morgan fingerprint density at radius 3 is 2.38 bits per heavy atom. The number of ether oxygens (including phenoxy) is 3. The number of primary amides is 1. The van der Waals surface area contributed by atoms with E-state index in [1.165, 1.54) is 32.7 Å². The van der Waals surface area contributed by atoms with Gasteiger partial charge in [0.15, 0.2) is 11.5 Å². The highest BCUT2D eigenvalue weighted by Gasteiger charge is 2.27. The van der Waals surface area contributed by atoms with Crippen molar-refractivity contribution in [2.24, 2.45) is 11.7 Å². The number of hydrogen-bond acceptors (Lipinski definition) is 6. The third-order valence-corrected chi connectivity index (χ3v) is 6.27. The summed E-state index contributed by atoms with van der Waals surface area (Å²) in [7, 11) is 4.58. The van der Waals surface area contributed by atoms with Gasteiger partial charge in [-0.15, -0.1) is 11.3 Å². The average molecular weight is 419 g/mol. The molecular formula is C21H26N2O5S. The van der Waals surface area contributed by atoms with Crippen LogP contribution in [0, 0.1) is 5.92 Å². The van der Waals surface area contributed by atoms with Gasteiger partial charge in [0.2, 0.25) is 11.7 Å². The number of benzene rings is 1. The zero-order valence-corrected chi connectivity index (χ0v) is 17.9. The van der Waals surface area contributed by atoms with Crippen LogP contribution in [0.5, 0.6) is 17.2 Å². The monoisotopic (exact) mass is 418 g/mol. The van der Waals surface area contributed by atoms with E-state index in [4.69, 9.17) is 19.9 Å². The molecule has 3 rings (SSSR count). The molecule has 1 atom stereocenters. The molecule has 0 saturated heterocycles. The van der Waals surface area contributed by atoms with Crippen molar-refractivity contribution in [3.05, 3.63) is 33.7 Å². The Morgan fingerprint density at radius 1 is 1.17 bits per heavy atom. The number of nitrogens with two attached hydrogens (primary N) is 1. The molecule has 2 amide bonds. The Hall–Kier alpha value is -2.74. The van der Waals surface area contributed by atoms with E-state index in [0.717, 1.165) is 29.7 Å². The normalized spacial score (nSPS) is 15.4. The summed E-state index contributed by atoms with van der Waals surface area (Å²) < 4.78 is 16.0. The first-order valence-electron chi connectivity index (χ1n) is 9.41. The van der Waals surface area contributed by atoms with E-state index in [1.807, 2.05) is 0 Å². The van der Waals surface area contributed by atoms with Gasteiger partial charge in [0.1, 0.15) is 5.00 Å². The molecule has 1 aliphatic carbocycles. The van der Waals surface area contributed by atoms with Gasteiger partial charge in [-0.05, 0) is 48.4 Å². The van der Waals surface area contributed by atoms with E-state index in [0.29, 0.717) is 39.3 Å². The Bertz CT molecular complexity index is 912. The molecule has 1 aliphatic rings. The summed E-state index contributed by atoms with van der Waals surface area (Å²) in [6, 6.07) is 3.47. The van der Waals surface area contributed by atoms with Gasteiger partial charge in [0.25, 0.3) is 5.91 Å². The number of thiophene rings is 1. The number of anilines is 1. The van der Waals surface area contributed by atoms with Gasteiger partial charge in [0.05, 0.1) is 33.3 Å². The van der Waals surface area contributed by atoms with Gasteiger partial charge in [-0.25, -0.2) is 0 Å². The van der Waals surface area contributed by atoms with Gasteiger partial charge < -0.3 is 25.3 Å². The quantitative estimate of drug-likeness (QED) is 0.719. The topological polar surface area (TPSA) is 99.9 Å². The van der Waals surface area contributed by atoms with Crippen LogP contribution in [-0.4, -0.2) is 33.1 Å². The van der Waals surface area contributed by atoms with Crippen LogP contribution in [0.2, 0.25) is 0 Å². The molecule has 0 saturated carbocycles. The Balaban J connectivity index is 1.84. The van der Waals surface area contributed by atoms with Crippen molar-refractivity contribution in [2.75, 3.05) is 26.6 Å². The Morgan fingerprint density at radius 2 is 1.83 bits per heavy atom. The van der Waals surface area contributed by atoms with Crippen molar-refractivity contribution in [1.29, 1.82) is 0 Å². The van der Waals surface area contributed by atoms with E-state index in [-0.39, 0.29) is 12.3 Å². The maximum atomic E-state index is 12.7. The molecule has 0 bridgehead atoms. The van der Waals surface area contributed by atoms with Crippen molar-refractivity contribution in [1.82, 2.24) is 0 Å². The summed E-state index contributed by atoms with van der Waals surface area (Å²) in [5, 5.41) is 3.42. The lowest BCUT2D eigenvalue weighted by molar-refractivity contribution is -0.115. The third-order valence-electron chi connectivity index (χ3n) is 5.10. The molecule has 7 nitrogen and oxygen atoms in total. The summed E-state index contributed by atoms with van der Waals surface area (Å²) in [6.07, 6.45) is 2.83. The van der Waals surface area contributed by atoms with Crippen molar-refractivity contribution in [2.45, 2.75) is 32.6 Å². The first-order valence-corrected chi connectivity index (χ1v) is 10.2. The van der Waals surface area contributed by atoms with Crippen molar-refractivity contribution in [3.8, 4) is 17.2 Å². The standard InChI is InChI=1S/C21H26N2O5S/c1-11-5-6-13-16(7-11)29-21(18(13)20(22)25)23-17(24)10-12-8-14(26-2)19(28-4)15(9-12)27-3/h8-9,11H,5-7,10H2,1-4H3,(H2,22,25)(H,23,24). The minimum atomic E-state index is -0.500. The number of carbonyl (C=O) groups is 2. The van der Waals surface area contributed by atoms with Crippen LogP contribution in [0.25, 0.3) is 0 Å². The number of methoxy groups -OCH3 is 3. The van der Waals surface area contributed by atoms with E-state index in [9.17, 15) is 9.59 Å². The summed E-state index contributed by atoms with van der Waals surface area (Å²) in [5.74, 6) is 1.24. The summed E-state index contributed by atoms with van der Waals surface area (Å²) in [4.78, 5) is 25.9. The molecule has 3 N–H and O–H groups in total. The average Bonchev–Trinajstić information content (AvgIpc) is 3.03. The number of carbonyl (C=O) groups excluding carboxylic acids is 2. The second-order valence-electron chi connectivity index (χ2n) is 7.18. The number of amides is 2. The molecule has 2 aromatic rings. The summed E-state index contributed by atoms with van der Waals surface area (Å²) in [5.41, 5.74) is 7.77. The molecule has 29 heavy (non-hydrogen) atoms. The van der Waals surface area contributed by atoms with E-state index in [1.54, 1.807) is 12.1 Å². The van der Waals surface area contributed by atoms with Crippen LogP contribution in [0.3, 0.4) is 0 Å². The molecule has 1 aromatic carbocycles. The Kier molecular flexibility index (Phi) is 6.32. The molecule has 156 valence electrons. The highest BCUT2D eigenvalue weighted by molar-refractivity contribution is 7.17. The van der Waals surface area contributed by atoms with E-state index in [2.05, 4.69) is 12.2 Å². The van der Waals surface area contributed by atoms with E-state index >= 15 is 0 Å². The van der Waals surface area contributed by atoms with Crippen LogP contribution in [0.4, 0.5) is 5.00 Å². The molecule has 1 unspecified atom stereocenters. The van der Waals surface area contributed by atoms with Crippen LogP contribution >= 0.6 is 11.3 Å². The number of nitrogens with one attached hydrogen (secondary N) is 1. The van der Waals surface area contributed by atoms with Crippen LogP contribution in [-0.2, 0) is 24.1 Å². The minimum Gasteiger partial charge on any atom is -0.493 e. The predicted molar refractivity (Wildman–Crippen MR) is 112 cm³/mol.